The first-order valence-corrected chi connectivity index (χ1v) is 7.90. The molecular formula is C17H26O5. The molecule has 5 nitrogen and oxygen atoms in total. The highest BCUT2D eigenvalue weighted by molar-refractivity contribution is 5.73. The molecule has 0 unspecified atom stereocenters. The summed E-state index contributed by atoms with van der Waals surface area (Å²) < 4.78 is 17.3. The molecule has 0 aliphatic rings. The van der Waals surface area contributed by atoms with E-state index in [4.69, 9.17) is 19.3 Å². The number of aliphatic carboxylic acids is 1. The van der Waals surface area contributed by atoms with Gasteiger partial charge in [0.05, 0.1) is 26.2 Å². The summed E-state index contributed by atoms with van der Waals surface area (Å²) in [6.07, 6.45) is 2.47. The summed E-state index contributed by atoms with van der Waals surface area (Å²) in [7, 11) is 0. The van der Waals surface area contributed by atoms with E-state index < -0.39 is 5.97 Å². The first kappa shape index (κ1) is 18.1. The fourth-order valence-electron chi connectivity index (χ4n) is 1.92. The predicted octanol–water partition coefficient (Wildman–Crippen LogP) is 3.68. The van der Waals surface area contributed by atoms with Gasteiger partial charge in [0.15, 0.2) is 11.5 Å². The minimum Gasteiger partial charge on any atom is -0.490 e. The minimum absolute atomic E-state index is 0.102. The van der Waals surface area contributed by atoms with Gasteiger partial charge in [-0.05, 0) is 25.3 Å². The fourth-order valence-corrected chi connectivity index (χ4v) is 1.92. The Balaban J connectivity index is 3.19. The summed E-state index contributed by atoms with van der Waals surface area (Å²) in [5, 5.41) is 9.07. The van der Waals surface area contributed by atoms with Crippen LogP contribution in [0.15, 0.2) is 12.1 Å². The van der Waals surface area contributed by atoms with Crippen molar-refractivity contribution in [1.82, 2.24) is 0 Å². The van der Waals surface area contributed by atoms with Crippen molar-refractivity contribution in [3.05, 3.63) is 17.7 Å². The van der Waals surface area contributed by atoms with Crippen molar-refractivity contribution in [2.75, 3.05) is 19.8 Å². The van der Waals surface area contributed by atoms with Gasteiger partial charge in [0, 0.05) is 5.56 Å². The second-order valence-electron chi connectivity index (χ2n) is 5.00. The van der Waals surface area contributed by atoms with E-state index in [1.165, 1.54) is 0 Å². The van der Waals surface area contributed by atoms with E-state index in [2.05, 4.69) is 0 Å². The molecule has 1 aromatic carbocycles. The average Bonchev–Trinajstić information content (AvgIpc) is 2.50. The third kappa shape index (κ3) is 5.47. The van der Waals surface area contributed by atoms with E-state index >= 15 is 0 Å². The molecule has 22 heavy (non-hydrogen) atoms. The molecule has 124 valence electrons. The molecule has 0 amide bonds. The molecule has 1 aromatic rings. The standard InChI is InChI=1S/C17H26O5/c1-4-9-20-14-8-7-13(12-15(18)19)16(21-10-5-2)17(14)22-11-6-3/h7-8H,4-6,9-12H2,1-3H3,(H,18,19). The Labute approximate surface area is 132 Å². The van der Waals surface area contributed by atoms with Gasteiger partial charge in [0.1, 0.15) is 0 Å². The average molecular weight is 310 g/mol. The Bertz CT molecular complexity index is 470. The van der Waals surface area contributed by atoms with E-state index in [-0.39, 0.29) is 6.42 Å². The van der Waals surface area contributed by atoms with Crippen LogP contribution in [-0.4, -0.2) is 30.9 Å². The summed E-state index contributed by atoms with van der Waals surface area (Å²) in [6, 6.07) is 3.50. The van der Waals surface area contributed by atoms with E-state index in [9.17, 15) is 4.79 Å². The van der Waals surface area contributed by atoms with Crippen LogP contribution in [0.2, 0.25) is 0 Å². The van der Waals surface area contributed by atoms with Crippen LogP contribution < -0.4 is 14.2 Å². The molecular weight excluding hydrogens is 284 g/mol. The van der Waals surface area contributed by atoms with Crippen LogP contribution in [0.1, 0.15) is 45.6 Å². The van der Waals surface area contributed by atoms with Gasteiger partial charge < -0.3 is 19.3 Å². The smallest absolute Gasteiger partial charge is 0.307 e. The molecule has 0 aliphatic heterocycles. The van der Waals surface area contributed by atoms with Gasteiger partial charge in [-0.2, -0.15) is 0 Å². The molecule has 0 heterocycles. The molecule has 0 saturated heterocycles. The molecule has 0 saturated carbocycles. The number of carbonyl (C=O) groups is 1. The van der Waals surface area contributed by atoms with Crippen molar-refractivity contribution < 1.29 is 24.1 Å². The Morgan fingerprint density at radius 3 is 2.00 bits per heavy atom. The third-order valence-corrected chi connectivity index (χ3v) is 2.86. The first-order valence-electron chi connectivity index (χ1n) is 7.90. The lowest BCUT2D eigenvalue weighted by Crippen LogP contribution is -2.09. The first-order chi connectivity index (χ1) is 10.6. The molecule has 1 N–H and O–H groups in total. The van der Waals surface area contributed by atoms with Crippen LogP contribution >= 0.6 is 0 Å². The number of hydrogen-bond donors (Lipinski definition) is 1. The van der Waals surface area contributed by atoms with Gasteiger partial charge in [-0.15, -0.1) is 0 Å². The van der Waals surface area contributed by atoms with Crippen molar-refractivity contribution >= 4 is 5.97 Å². The normalized spacial score (nSPS) is 10.3. The monoisotopic (exact) mass is 310 g/mol. The van der Waals surface area contributed by atoms with Gasteiger partial charge in [-0.1, -0.05) is 26.8 Å². The number of hydrogen-bond acceptors (Lipinski definition) is 4. The Hall–Kier alpha value is -1.91. The Morgan fingerprint density at radius 1 is 0.909 bits per heavy atom. The highest BCUT2D eigenvalue weighted by Gasteiger charge is 2.19. The summed E-state index contributed by atoms with van der Waals surface area (Å²) in [5.74, 6) is 0.717. The summed E-state index contributed by atoms with van der Waals surface area (Å²) in [4.78, 5) is 11.0. The van der Waals surface area contributed by atoms with E-state index in [0.717, 1.165) is 19.3 Å². The topological polar surface area (TPSA) is 65.0 Å². The molecule has 0 aromatic heterocycles. The van der Waals surface area contributed by atoms with Crippen LogP contribution in [0, 0.1) is 0 Å². The van der Waals surface area contributed by atoms with Gasteiger partial charge >= 0.3 is 5.97 Å². The van der Waals surface area contributed by atoms with E-state index in [1.807, 2.05) is 20.8 Å². The lowest BCUT2D eigenvalue weighted by atomic mass is 10.1. The zero-order valence-electron chi connectivity index (χ0n) is 13.7. The lowest BCUT2D eigenvalue weighted by molar-refractivity contribution is -0.136. The van der Waals surface area contributed by atoms with Crippen LogP contribution in [0.5, 0.6) is 17.2 Å². The molecule has 0 radical (unpaired) electrons. The van der Waals surface area contributed by atoms with Crippen LogP contribution in [0.3, 0.4) is 0 Å². The number of carboxylic acid groups (broad SMARTS) is 1. The van der Waals surface area contributed by atoms with Crippen molar-refractivity contribution in [2.45, 2.75) is 46.5 Å². The van der Waals surface area contributed by atoms with Crippen LogP contribution in [0.4, 0.5) is 0 Å². The number of benzene rings is 1. The zero-order valence-corrected chi connectivity index (χ0v) is 13.7. The second kappa shape index (κ2) is 9.92. The highest BCUT2D eigenvalue weighted by atomic mass is 16.5. The largest absolute Gasteiger partial charge is 0.490 e. The van der Waals surface area contributed by atoms with Gasteiger partial charge in [0.25, 0.3) is 0 Å². The van der Waals surface area contributed by atoms with Gasteiger partial charge in [-0.3, -0.25) is 4.79 Å². The molecule has 0 fully saturated rings. The number of ether oxygens (including phenoxy) is 3. The summed E-state index contributed by atoms with van der Waals surface area (Å²) >= 11 is 0. The quantitative estimate of drug-likeness (QED) is 0.675. The van der Waals surface area contributed by atoms with Crippen LogP contribution in [0.25, 0.3) is 0 Å². The summed E-state index contributed by atoms with van der Waals surface area (Å²) in [5.41, 5.74) is 0.607. The molecule has 1 rings (SSSR count). The maximum absolute atomic E-state index is 11.0. The number of rotatable bonds is 11. The molecule has 0 spiro atoms. The van der Waals surface area contributed by atoms with Crippen LogP contribution in [-0.2, 0) is 11.2 Å². The fraction of sp³-hybridized carbons (Fsp3) is 0.588. The van der Waals surface area contributed by atoms with E-state index in [0.29, 0.717) is 42.6 Å². The number of carboxylic acids is 1. The molecule has 0 bridgehead atoms. The van der Waals surface area contributed by atoms with Crippen molar-refractivity contribution in [1.29, 1.82) is 0 Å². The maximum atomic E-state index is 11.0. The van der Waals surface area contributed by atoms with Crippen molar-refractivity contribution in [3.8, 4) is 17.2 Å². The van der Waals surface area contributed by atoms with Crippen molar-refractivity contribution in [2.24, 2.45) is 0 Å². The second-order valence-corrected chi connectivity index (χ2v) is 5.00. The zero-order chi connectivity index (χ0) is 16.4. The minimum atomic E-state index is -0.898. The molecule has 0 atom stereocenters. The van der Waals surface area contributed by atoms with Gasteiger partial charge in [-0.25, -0.2) is 0 Å². The van der Waals surface area contributed by atoms with Gasteiger partial charge in [0.2, 0.25) is 5.75 Å². The Kier molecular flexibility index (Phi) is 8.18. The third-order valence-electron chi connectivity index (χ3n) is 2.86. The highest BCUT2D eigenvalue weighted by Crippen LogP contribution is 2.41. The lowest BCUT2D eigenvalue weighted by Gasteiger charge is -2.19. The summed E-state index contributed by atoms with van der Waals surface area (Å²) in [6.45, 7) is 7.66. The maximum Gasteiger partial charge on any atom is 0.307 e. The van der Waals surface area contributed by atoms with E-state index in [1.54, 1.807) is 12.1 Å². The molecule has 0 aliphatic carbocycles. The SMILES string of the molecule is CCCOc1ccc(CC(=O)O)c(OCCC)c1OCCC. The molecule has 5 heteroatoms. The predicted molar refractivity (Wildman–Crippen MR) is 85.1 cm³/mol. The van der Waals surface area contributed by atoms with Crippen molar-refractivity contribution in [3.63, 3.8) is 0 Å². The Morgan fingerprint density at radius 2 is 1.45 bits per heavy atom.